The van der Waals surface area contributed by atoms with E-state index in [2.05, 4.69) is 20.5 Å². The maximum absolute atomic E-state index is 11.0. The van der Waals surface area contributed by atoms with Gasteiger partial charge in [-0.25, -0.2) is 9.78 Å². The van der Waals surface area contributed by atoms with Gasteiger partial charge in [-0.1, -0.05) is 23.7 Å². The second-order valence-electron chi connectivity index (χ2n) is 4.65. The van der Waals surface area contributed by atoms with Gasteiger partial charge in [-0.2, -0.15) is 5.10 Å². The molecule has 0 unspecified atom stereocenters. The van der Waals surface area contributed by atoms with Gasteiger partial charge in [-0.05, 0) is 30.3 Å². The molecule has 114 valence electrons. The number of rotatable bonds is 4. The van der Waals surface area contributed by atoms with E-state index in [-0.39, 0.29) is 5.56 Å². The molecule has 0 aliphatic carbocycles. The summed E-state index contributed by atoms with van der Waals surface area (Å²) in [7, 11) is 0. The average Bonchev–Trinajstić information content (AvgIpc) is 2.56. The molecule has 7 heteroatoms. The van der Waals surface area contributed by atoms with Crippen LogP contribution in [0.15, 0.2) is 53.8 Å². The number of aromatic nitrogens is 2. The van der Waals surface area contributed by atoms with Crippen molar-refractivity contribution >= 4 is 40.5 Å². The Morgan fingerprint density at radius 2 is 2.00 bits per heavy atom. The normalized spacial score (nSPS) is 11.0. The van der Waals surface area contributed by atoms with E-state index in [9.17, 15) is 4.79 Å². The molecule has 0 aliphatic rings. The van der Waals surface area contributed by atoms with E-state index in [0.717, 1.165) is 11.0 Å². The molecule has 0 amide bonds. The minimum atomic E-state index is -1.03. The number of anilines is 1. The van der Waals surface area contributed by atoms with E-state index in [1.165, 1.54) is 24.4 Å². The molecule has 0 aliphatic heterocycles. The van der Waals surface area contributed by atoms with Gasteiger partial charge in [-0.3, -0.25) is 10.4 Å². The Morgan fingerprint density at radius 3 is 2.78 bits per heavy atom. The van der Waals surface area contributed by atoms with E-state index in [4.69, 9.17) is 16.7 Å². The van der Waals surface area contributed by atoms with Crippen LogP contribution >= 0.6 is 11.6 Å². The third kappa shape index (κ3) is 3.44. The first kappa shape index (κ1) is 14.9. The van der Waals surface area contributed by atoms with Crippen LogP contribution in [0.3, 0.4) is 0 Å². The predicted octanol–water partition coefficient (Wildman–Crippen LogP) is 3.43. The number of hydrogen-bond acceptors (Lipinski definition) is 5. The number of carbonyl (C=O) groups is 1. The van der Waals surface area contributed by atoms with Gasteiger partial charge in [0.1, 0.15) is 5.69 Å². The first-order valence-corrected chi connectivity index (χ1v) is 7.05. The molecule has 23 heavy (non-hydrogen) atoms. The summed E-state index contributed by atoms with van der Waals surface area (Å²) in [5, 5.41) is 13.4. The summed E-state index contributed by atoms with van der Waals surface area (Å²) < 4.78 is 0. The quantitative estimate of drug-likeness (QED) is 0.566. The Balaban J connectivity index is 1.80. The van der Waals surface area contributed by atoms with Gasteiger partial charge in [0.05, 0.1) is 39.7 Å². The number of para-hydroxylation sites is 2. The highest BCUT2D eigenvalue weighted by Gasteiger charge is 2.06. The number of hydrogen-bond donors (Lipinski definition) is 2. The summed E-state index contributed by atoms with van der Waals surface area (Å²) in [5.41, 5.74) is 5.37. The van der Waals surface area contributed by atoms with Crippen LogP contribution in [0.2, 0.25) is 5.02 Å². The number of benzene rings is 2. The largest absolute Gasteiger partial charge is 0.478 e. The fraction of sp³-hybridized carbons (Fsp3) is 0. The molecule has 0 fully saturated rings. The molecule has 1 aromatic heterocycles. The summed E-state index contributed by atoms with van der Waals surface area (Å²) in [6, 6.07) is 11.8. The average molecular weight is 327 g/mol. The number of carboxylic acids is 1. The Bertz CT molecular complexity index is 911. The van der Waals surface area contributed by atoms with Gasteiger partial charge in [0, 0.05) is 0 Å². The first-order valence-electron chi connectivity index (χ1n) is 6.67. The van der Waals surface area contributed by atoms with E-state index >= 15 is 0 Å². The molecule has 2 aromatic carbocycles. The lowest BCUT2D eigenvalue weighted by Crippen LogP contribution is -1.99. The summed E-state index contributed by atoms with van der Waals surface area (Å²) >= 11 is 6.00. The van der Waals surface area contributed by atoms with Crippen molar-refractivity contribution < 1.29 is 9.90 Å². The molecular formula is C16H11ClN4O2. The topological polar surface area (TPSA) is 87.5 Å². The van der Waals surface area contributed by atoms with E-state index in [1.54, 1.807) is 6.20 Å². The number of aromatic carboxylic acids is 1. The molecule has 6 nitrogen and oxygen atoms in total. The number of fused-ring (bicyclic) bond motifs is 1. The summed E-state index contributed by atoms with van der Waals surface area (Å²) in [5.74, 6) is -1.03. The lowest BCUT2D eigenvalue weighted by molar-refractivity contribution is 0.0697. The first-order chi connectivity index (χ1) is 11.1. The SMILES string of the molecule is O=C(O)c1ccc(Cl)c(N/N=C\c2cnc3ccccc3n2)c1. The molecule has 0 saturated heterocycles. The lowest BCUT2D eigenvalue weighted by Gasteiger charge is -2.04. The molecule has 0 saturated carbocycles. The molecule has 0 radical (unpaired) electrons. The monoisotopic (exact) mass is 326 g/mol. The van der Waals surface area contributed by atoms with Crippen molar-refractivity contribution in [3.63, 3.8) is 0 Å². The van der Waals surface area contributed by atoms with Gasteiger partial charge in [0.25, 0.3) is 0 Å². The highest BCUT2D eigenvalue weighted by molar-refractivity contribution is 6.33. The van der Waals surface area contributed by atoms with Crippen LogP contribution in [-0.4, -0.2) is 27.3 Å². The molecule has 2 N–H and O–H groups in total. The molecule has 1 heterocycles. The Hall–Kier alpha value is -2.99. The van der Waals surface area contributed by atoms with Crippen LogP contribution < -0.4 is 5.43 Å². The number of nitrogens with one attached hydrogen (secondary N) is 1. The molecule has 0 atom stereocenters. The third-order valence-electron chi connectivity index (χ3n) is 3.06. The minimum absolute atomic E-state index is 0.123. The summed E-state index contributed by atoms with van der Waals surface area (Å²) in [6.45, 7) is 0. The second-order valence-corrected chi connectivity index (χ2v) is 5.06. The van der Waals surface area contributed by atoms with Crippen LogP contribution in [0.5, 0.6) is 0 Å². The van der Waals surface area contributed by atoms with Gasteiger partial charge in [0.15, 0.2) is 0 Å². The van der Waals surface area contributed by atoms with Gasteiger partial charge in [0.2, 0.25) is 0 Å². The fourth-order valence-electron chi connectivity index (χ4n) is 1.95. The maximum Gasteiger partial charge on any atom is 0.335 e. The highest BCUT2D eigenvalue weighted by Crippen LogP contribution is 2.23. The Labute approximate surface area is 136 Å². The minimum Gasteiger partial charge on any atom is -0.478 e. The van der Waals surface area contributed by atoms with Crippen molar-refractivity contribution in [2.24, 2.45) is 5.10 Å². The molecular weight excluding hydrogens is 316 g/mol. The van der Waals surface area contributed by atoms with Crippen molar-refractivity contribution in [2.45, 2.75) is 0 Å². The molecule has 3 rings (SSSR count). The van der Waals surface area contributed by atoms with E-state index in [0.29, 0.717) is 16.4 Å². The summed E-state index contributed by atoms with van der Waals surface area (Å²) in [6.07, 6.45) is 3.09. The van der Waals surface area contributed by atoms with Gasteiger partial charge >= 0.3 is 5.97 Å². The zero-order valence-electron chi connectivity index (χ0n) is 11.8. The van der Waals surface area contributed by atoms with Crippen LogP contribution in [-0.2, 0) is 0 Å². The van der Waals surface area contributed by atoms with E-state index < -0.39 is 5.97 Å². The van der Waals surface area contributed by atoms with Crippen molar-refractivity contribution in [1.29, 1.82) is 0 Å². The van der Waals surface area contributed by atoms with Crippen LogP contribution in [0, 0.1) is 0 Å². The third-order valence-corrected chi connectivity index (χ3v) is 3.39. The van der Waals surface area contributed by atoms with Crippen molar-refractivity contribution in [3.05, 3.63) is 64.9 Å². The van der Waals surface area contributed by atoms with Gasteiger partial charge < -0.3 is 5.11 Å². The molecule has 3 aromatic rings. The molecule has 0 bridgehead atoms. The van der Waals surface area contributed by atoms with Crippen molar-refractivity contribution in [1.82, 2.24) is 9.97 Å². The number of hydrazone groups is 1. The second kappa shape index (κ2) is 6.41. The highest BCUT2D eigenvalue weighted by atomic mass is 35.5. The lowest BCUT2D eigenvalue weighted by atomic mass is 10.2. The predicted molar refractivity (Wildman–Crippen MR) is 89.2 cm³/mol. The Kier molecular flexibility index (Phi) is 4.16. The van der Waals surface area contributed by atoms with Crippen molar-refractivity contribution in [2.75, 3.05) is 5.43 Å². The van der Waals surface area contributed by atoms with Crippen LogP contribution in [0.25, 0.3) is 11.0 Å². The standard InChI is InChI=1S/C16H11ClN4O2/c17-12-6-5-10(16(22)23)7-15(12)21-19-9-11-8-18-13-3-1-2-4-14(13)20-11/h1-9,21H,(H,22,23)/b19-9-. The fourth-order valence-corrected chi connectivity index (χ4v) is 2.11. The van der Waals surface area contributed by atoms with Crippen molar-refractivity contribution in [3.8, 4) is 0 Å². The zero-order valence-corrected chi connectivity index (χ0v) is 12.5. The number of carboxylic acid groups (broad SMARTS) is 1. The number of nitrogens with zero attached hydrogens (tertiary/aromatic N) is 3. The summed E-state index contributed by atoms with van der Waals surface area (Å²) in [4.78, 5) is 19.6. The van der Waals surface area contributed by atoms with Gasteiger partial charge in [-0.15, -0.1) is 0 Å². The zero-order chi connectivity index (χ0) is 16.2. The molecule has 0 spiro atoms. The van der Waals surface area contributed by atoms with Crippen LogP contribution in [0.1, 0.15) is 16.1 Å². The van der Waals surface area contributed by atoms with Crippen LogP contribution in [0.4, 0.5) is 5.69 Å². The Morgan fingerprint density at radius 1 is 1.22 bits per heavy atom. The number of halogens is 1. The smallest absolute Gasteiger partial charge is 0.335 e. The maximum atomic E-state index is 11.0. The van der Waals surface area contributed by atoms with E-state index in [1.807, 2.05) is 24.3 Å².